The molecule has 148 valence electrons. The van der Waals surface area contributed by atoms with E-state index in [1.165, 1.54) is 0 Å². The van der Waals surface area contributed by atoms with Crippen molar-refractivity contribution in [2.45, 2.75) is 38.5 Å². The highest BCUT2D eigenvalue weighted by Crippen LogP contribution is 2.11. The molecule has 0 aromatic heterocycles. The van der Waals surface area contributed by atoms with Crippen LogP contribution in [0.5, 0.6) is 5.75 Å². The molecule has 0 atom stereocenters. The fourth-order valence-corrected chi connectivity index (χ4v) is 2.99. The Bertz CT molecular complexity index is 631. The number of amides is 3. The zero-order valence-electron chi connectivity index (χ0n) is 16.0. The molecule has 0 spiro atoms. The number of carbonyl (C=O) groups excluding carboxylic acids is 3. The first-order valence-electron chi connectivity index (χ1n) is 9.57. The molecule has 2 rings (SSSR count). The van der Waals surface area contributed by atoms with Crippen molar-refractivity contribution in [2.24, 2.45) is 0 Å². The highest BCUT2D eigenvalue weighted by atomic mass is 16.5. The maximum atomic E-state index is 12.0. The second-order valence-corrected chi connectivity index (χ2v) is 6.63. The Morgan fingerprint density at radius 2 is 1.85 bits per heavy atom. The van der Waals surface area contributed by atoms with Gasteiger partial charge >= 0.3 is 0 Å². The molecule has 1 saturated heterocycles. The molecular weight excluding hydrogens is 346 g/mol. The number of rotatable bonds is 9. The van der Waals surface area contributed by atoms with Crippen molar-refractivity contribution in [2.75, 3.05) is 33.3 Å². The number of nitrogens with one attached hydrogen (secondary N) is 2. The van der Waals surface area contributed by atoms with Crippen LogP contribution >= 0.6 is 0 Å². The monoisotopic (exact) mass is 375 g/mol. The number of benzene rings is 1. The summed E-state index contributed by atoms with van der Waals surface area (Å²) >= 11 is 0. The lowest BCUT2D eigenvalue weighted by atomic mass is 10.2. The predicted molar refractivity (Wildman–Crippen MR) is 103 cm³/mol. The van der Waals surface area contributed by atoms with E-state index in [4.69, 9.17) is 4.74 Å². The molecule has 1 aromatic rings. The van der Waals surface area contributed by atoms with Gasteiger partial charge in [-0.05, 0) is 43.5 Å². The summed E-state index contributed by atoms with van der Waals surface area (Å²) in [6.45, 7) is 2.26. The fourth-order valence-electron chi connectivity index (χ4n) is 2.99. The minimum Gasteiger partial charge on any atom is -0.497 e. The highest BCUT2D eigenvalue weighted by Gasteiger charge is 2.16. The Kier molecular flexibility index (Phi) is 8.61. The molecule has 0 radical (unpaired) electrons. The highest BCUT2D eigenvalue weighted by molar-refractivity contribution is 5.94. The molecule has 1 aliphatic rings. The zero-order valence-corrected chi connectivity index (χ0v) is 16.0. The van der Waals surface area contributed by atoms with Crippen molar-refractivity contribution in [3.05, 3.63) is 29.8 Å². The molecular formula is C20H29N3O4. The first kappa shape index (κ1) is 20.7. The molecule has 0 unspecified atom stereocenters. The molecule has 2 N–H and O–H groups in total. The third-order valence-electron chi connectivity index (χ3n) is 4.59. The Labute approximate surface area is 160 Å². The van der Waals surface area contributed by atoms with Crippen LogP contribution in [-0.4, -0.2) is 55.9 Å². The second kappa shape index (κ2) is 11.2. The Morgan fingerprint density at radius 3 is 2.59 bits per heavy atom. The number of hydrogen-bond acceptors (Lipinski definition) is 4. The van der Waals surface area contributed by atoms with Crippen molar-refractivity contribution >= 4 is 17.7 Å². The van der Waals surface area contributed by atoms with Gasteiger partial charge in [-0.3, -0.25) is 14.4 Å². The molecule has 27 heavy (non-hydrogen) atoms. The number of hydrogen-bond donors (Lipinski definition) is 2. The summed E-state index contributed by atoms with van der Waals surface area (Å²) in [6, 6.07) is 6.87. The Balaban J connectivity index is 1.57. The summed E-state index contributed by atoms with van der Waals surface area (Å²) in [5.74, 6) is 0.654. The Hall–Kier alpha value is -2.57. The van der Waals surface area contributed by atoms with Gasteiger partial charge in [0.05, 0.1) is 7.11 Å². The van der Waals surface area contributed by atoms with Crippen LogP contribution in [0.1, 0.15) is 48.9 Å². The van der Waals surface area contributed by atoms with Crippen molar-refractivity contribution in [3.8, 4) is 5.75 Å². The van der Waals surface area contributed by atoms with E-state index in [9.17, 15) is 14.4 Å². The lowest BCUT2D eigenvalue weighted by Gasteiger charge is -2.20. The number of nitrogens with zero attached hydrogens (tertiary/aromatic N) is 1. The van der Waals surface area contributed by atoms with Gasteiger partial charge in [-0.2, -0.15) is 0 Å². The van der Waals surface area contributed by atoms with E-state index in [1.54, 1.807) is 31.4 Å². The standard InChI is InChI=1S/C20H29N3O4/c1-27-17-10-8-16(9-11-17)20(26)22-12-5-6-18(24)21-13-15-23-14-4-2-3-7-19(23)25/h8-11H,2-7,12-15H2,1H3,(H,21,24)(H,22,26). The maximum Gasteiger partial charge on any atom is 0.251 e. The molecule has 1 aliphatic heterocycles. The van der Waals surface area contributed by atoms with Gasteiger partial charge in [-0.1, -0.05) is 6.42 Å². The van der Waals surface area contributed by atoms with Crippen LogP contribution in [-0.2, 0) is 9.59 Å². The van der Waals surface area contributed by atoms with Gasteiger partial charge in [0, 0.05) is 44.6 Å². The average Bonchev–Trinajstić information content (AvgIpc) is 2.89. The van der Waals surface area contributed by atoms with Crippen LogP contribution in [0.4, 0.5) is 0 Å². The Morgan fingerprint density at radius 1 is 1.07 bits per heavy atom. The summed E-state index contributed by atoms with van der Waals surface area (Å²) in [4.78, 5) is 37.6. The molecule has 0 aliphatic carbocycles. The molecule has 7 nitrogen and oxygen atoms in total. The topological polar surface area (TPSA) is 87.7 Å². The summed E-state index contributed by atoms with van der Waals surface area (Å²) in [5.41, 5.74) is 0.558. The van der Waals surface area contributed by atoms with Crippen LogP contribution in [0.3, 0.4) is 0 Å². The number of ether oxygens (including phenoxy) is 1. The van der Waals surface area contributed by atoms with Gasteiger partial charge in [-0.15, -0.1) is 0 Å². The van der Waals surface area contributed by atoms with E-state index in [2.05, 4.69) is 10.6 Å². The van der Waals surface area contributed by atoms with Crippen LogP contribution in [0.25, 0.3) is 0 Å². The molecule has 1 heterocycles. The van der Waals surface area contributed by atoms with Crippen molar-refractivity contribution < 1.29 is 19.1 Å². The van der Waals surface area contributed by atoms with Crippen molar-refractivity contribution in [1.29, 1.82) is 0 Å². The van der Waals surface area contributed by atoms with Gasteiger partial charge in [0.15, 0.2) is 0 Å². The minimum atomic E-state index is -0.169. The third kappa shape index (κ3) is 7.29. The molecule has 0 bridgehead atoms. The van der Waals surface area contributed by atoms with Gasteiger partial charge in [-0.25, -0.2) is 0 Å². The SMILES string of the molecule is COc1ccc(C(=O)NCCCC(=O)NCCN2CCCCCC2=O)cc1. The van der Waals surface area contributed by atoms with Crippen molar-refractivity contribution in [1.82, 2.24) is 15.5 Å². The summed E-state index contributed by atoms with van der Waals surface area (Å²) in [6.07, 6.45) is 4.61. The van der Waals surface area contributed by atoms with Crippen LogP contribution in [0, 0.1) is 0 Å². The number of carbonyl (C=O) groups is 3. The largest absolute Gasteiger partial charge is 0.497 e. The van der Waals surface area contributed by atoms with E-state index in [1.807, 2.05) is 4.90 Å². The van der Waals surface area contributed by atoms with Gasteiger partial charge in [0.2, 0.25) is 11.8 Å². The molecule has 7 heteroatoms. The number of methoxy groups -OCH3 is 1. The van der Waals surface area contributed by atoms with E-state index < -0.39 is 0 Å². The molecule has 0 saturated carbocycles. The van der Waals surface area contributed by atoms with E-state index in [-0.39, 0.29) is 17.7 Å². The van der Waals surface area contributed by atoms with Crippen LogP contribution in [0.15, 0.2) is 24.3 Å². The zero-order chi connectivity index (χ0) is 19.5. The van der Waals surface area contributed by atoms with Gasteiger partial charge in [0.1, 0.15) is 5.75 Å². The smallest absolute Gasteiger partial charge is 0.251 e. The quantitative estimate of drug-likeness (QED) is 0.644. The first-order chi connectivity index (χ1) is 13.1. The summed E-state index contributed by atoms with van der Waals surface area (Å²) in [5, 5.41) is 5.64. The first-order valence-corrected chi connectivity index (χ1v) is 9.57. The molecule has 1 aromatic carbocycles. The normalized spacial score (nSPS) is 14.4. The second-order valence-electron chi connectivity index (χ2n) is 6.63. The average molecular weight is 375 g/mol. The van der Waals surface area contributed by atoms with Crippen molar-refractivity contribution in [3.63, 3.8) is 0 Å². The van der Waals surface area contributed by atoms with E-state index >= 15 is 0 Å². The minimum absolute atomic E-state index is 0.0593. The predicted octanol–water partition coefficient (Wildman–Crippen LogP) is 1.72. The van der Waals surface area contributed by atoms with E-state index in [0.717, 1.165) is 25.8 Å². The lowest BCUT2D eigenvalue weighted by molar-refractivity contribution is -0.131. The lowest BCUT2D eigenvalue weighted by Crippen LogP contribution is -2.38. The number of likely N-dealkylation sites (tertiary alicyclic amines) is 1. The third-order valence-corrected chi connectivity index (χ3v) is 4.59. The maximum absolute atomic E-state index is 12.0. The molecule has 1 fully saturated rings. The fraction of sp³-hybridized carbons (Fsp3) is 0.550. The van der Waals surface area contributed by atoms with Gasteiger partial charge in [0.25, 0.3) is 5.91 Å². The van der Waals surface area contributed by atoms with Crippen LogP contribution in [0.2, 0.25) is 0 Å². The van der Waals surface area contributed by atoms with Gasteiger partial charge < -0.3 is 20.3 Å². The van der Waals surface area contributed by atoms with Crippen LogP contribution < -0.4 is 15.4 Å². The molecule has 3 amide bonds. The summed E-state index contributed by atoms with van der Waals surface area (Å²) < 4.78 is 5.06. The summed E-state index contributed by atoms with van der Waals surface area (Å²) in [7, 11) is 1.58. The van der Waals surface area contributed by atoms with E-state index in [0.29, 0.717) is 50.2 Å².